The van der Waals surface area contributed by atoms with Crippen LogP contribution in [-0.2, 0) is 5.54 Å². The minimum absolute atomic E-state index is 0.402. The first-order valence-corrected chi connectivity index (χ1v) is 5.39. The monoisotopic (exact) mass is 211 g/mol. The SMILES string of the molecule is CCC(O)(CC)C(C)(C)n1cnc(N)c1. The van der Waals surface area contributed by atoms with Crippen LogP contribution in [0, 0.1) is 0 Å². The number of hydrogen-bond acceptors (Lipinski definition) is 3. The Morgan fingerprint density at radius 1 is 1.40 bits per heavy atom. The summed E-state index contributed by atoms with van der Waals surface area (Å²) in [6, 6.07) is 0. The molecule has 0 fully saturated rings. The molecule has 0 aromatic carbocycles. The fourth-order valence-corrected chi connectivity index (χ4v) is 2.00. The lowest BCUT2D eigenvalue weighted by molar-refractivity contribution is -0.0647. The molecule has 86 valence electrons. The predicted octanol–water partition coefficient (Wildman–Crippen LogP) is 1.75. The van der Waals surface area contributed by atoms with E-state index in [2.05, 4.69) is 4.98 Å². The maximum absolute atomic E-state index is 10.5. The molecule has 0 aliphatic carbocycles. The van der Waals surface area contributed by atoms with Crippen LogP contribution in [-0.4, -0.2) is 20.3 Å². The zero-order valence-electron chi connectivity index (χ0n) is 9.99. The van der Waals surface area contributed by atoms with E-state index >= 15 is 0 Å². The number of aromatic nitrogens is 2. The van der Waals surface area contributed by atoms with Gasteiger partial charge in [-0.15, -0.1) is 0 Å². The van der Waals surface area contributed by atoms with Crippen molar-refractivity contribution in [3.05, 3.63) is 12.5 Å². The van der Waals surface area contributed by atoms with E-state index in [1.54, 1.807) is 12.5 Å². The zero-order valence-corrected chi connectivity index (χ0v) is 9.99. The lowest BCUT2D eigenvalue weighted by Gasteiger charge is -2.42. The molecular formula is C11H21N3O. The maximum atomic E-state index is 10.5. The van der Waals surface area contributed by atoms with Gasteiger partial charge in [0.25, 0.3) is 0 Å². The van der Waals surface area contributed by atoms with Gasteiger partial charge in [0.05, 0.1) is 17.5 Å². The van der Waals surface area contributed by atoms with Crippen LogP contribution in [0.5, 0.6) is 0 Å². The highest BCUT2D eigenvalue weighted by molar-refractivity contribution is 5.24. The van der Waals surface area contributed by atoms with Crippen LogP contribution in [0.4, 0.5) is 5.82 Å². The third-order valence-corrected chi connectivity index (χ3v) is 3.56. The molecule has 0 atom stereocenters. The minimum Gasteiger partial charge on any atom is -0.387 e. The molecule has 1 heterocycles. The fourth-order valence-electron chi connectivity index (χ4n) is 2.00. The van der Waals surface area contributed by atoms with Gasteiger partial charge in [0.1, 0.15) is 5.82 Å². The van der Waals surface area contributed by atoms with Crippen molar-refractivity contribution in [2.24, 2.45) is 0 Å². The average Bonchev–Trinajstić information content (AvgIpc) is 2.63. The van der Waals surface area contributed by atoms with E-state index < -0.39 is 11.1 Å². The lowest BCUT2D eigenvalue weighted by Crippen LogP contribution is -2.50. The molecule has 1 aromatic heterocycles. The number of nitrogen functional groups attached to an aromatic ring is 1. The summed E-state index contributed by atoms with van der Waals surface area (Å²) in [5, 5.41) is 10.5. The number of imidazole rings is 1. The second-order valence-electron chi connectivity index (χ2n) is 4.50. The van der Waals surface area contributed by atoms with Crippen LogP contribution in [0.2, 0.25) is 0 Å². The normalized spacial score (nSPS) is 13.1. The van der Waals surface area contributed by atoms with Crippen molar-refractivity contribution in [1.29, 1.82) is 0 Å². The van der Waals surface area contributed by atoms with Gasteiger partial charge < -0.3 is 15.4 Å². The molecule has 1 rings (SSSR count). The van der Waals surface area contributed by atoms with Crippen molar-refractivity contribution < 1.29 is 5.11 Å². The number of nitrogens with two attached hydrogens (primary N) is 1. The summed E-state index contributed by atoms with van der Waals surface area (Å²) in [5.41, 5.74) is 4.45. The Balaban J connectivity index is 3.10. The highest BCUT2D eigenvalue weighted by atomic mass is 16.3. The first-order chi connectivity index (χ1) is 6.87. The molecule has 4 nitrogen and oxygen atoms in total. The highest BCUT2D eigenvalue weighted by Crippen LogP contribution is 2.35. The molecule has 1 aromatic rings. The summed E-state index contributed by atoms with van der Waals surface area (Å²) >= 11 is 0. The zero-order chi connectivity index (χ0) is 11.7. The Bertz CT molecular complexity index is 326. The Hall–Kier alpha value is -1.03. The van der Waals surface area contributed by atoms with E-state index in [4.69, 9.17) is 5.73 Å². The molecule has 4 heteroatoms. The standard InChI is InChI=1S/C11H21N3O/c1-5-11(15,6-2)10(3,4)14-7-9(12)13-8-14/h7-8,15H,5-6,12H2,1-4H3. The second-order valence-corrected chi connectivity index (χ2v) is 4.50. The number of hydrogen-bond donors (Lipinski definition) is 2. The van der Waals surface area contributed by atoms with Gasteiger partial charge in [-0.25, -0.2) is 4.98 Å². The van der Waals surface area contributed by atoms with E-state index in [0.29, 0.717) is 18.7 Å². The smallest absolute Gasteiger partial charge is 0.141 e. The summed E-state index contributed by atoms with van der Waals surface area (Å²) < 4.78 is 1.88. The van der Waals surface area contributed by atoms with Crippen molar-refractivity contribution in [3.8, 4) is 0 Å². The molecule has 0 unspecified atom stereocenters. The number of rotatable bonds is 4. The molecule has 0 radical (unpaired) electrons. The Labute approximate surface area is 91.1 Å². The Kier molecular flexibility index (Phi) is 3.09. The fraction of sp³-hybridized carbons (Fsp3) is 0.727. The molecule has 15 heavy (non-hydrogen) atoms. The third-order valence-electron chi connectivity index (χ3n) is 3.56. The van der Waals surface area contributed by atoms with Gasteiger partial charge in [0.2, 0.25) is 0 Å². The van der Waals surface area contributed by atoms with E-state index in [1.165, 1.54) is 0 Å². The van der Waals surface area contributed by atoms with Crippen molar-refractivity contribution in [2.45, 2.75) is 51.7 Å². The van der Waals surface area contributed by atoms with Gasteiger partial charge in [0.15, 0.2) is 0 Å². The van der Waals surface area contributed by atoms with Gasteiger partial charge in [-0.3, -0.25) is 0 Å². The summed E-state index contributed by atoms with van der Waals surface area (Å²) in [6.45, 7) is 7.99. The average molecular weight is 211 g/mol. The van der Waals surface area contributed by atoms with Crippen LogP contribution in [0.3, 0.4) is 0 Å². The van der Waals surface area contributed by atoms with Crippen LogP contribution < -0.4 is 5.73 Å². The minimum atomic E-state index is -0.736. The van der Waals surface area contributed by atoms with Gasteiger partial charge in [-0.1, -0.05) is 13.8 Å². The maximum Gasteiger partial charge on any atom is 0.141 e. The molecule has 3 N–H and O–H groups in total. The van der Waals surface area contributed by atoms with Crippen LogP contribution in [0.25, 0.3) is 0 Å². The molecule has 0 amide bonds. The number of anilines is 1. The second kappa shape index (κ2) is 3.85. The predicted molar refractivity (Wildman–Crippen MR) is 61.5 cm³/mol. The Morgan fingerprint density at radius 3 is 2.27 bits per heavy atom. The highest BCUT2D eigenvalue weighted by Gasteiger charge is 2.41. The molecule has 0 spiro atoms. The van der Waals surface area contributed by atoms with E-state index in [0.717, 1.165) is 0 Å². The van der Waals surface area contributed by atoms with E-state index in [9.17, 15) is 5.11 Å². The molecule has 0 saturated heterocycles. The molecular weight excluding hydrogens is 190 g/mol. The van der Waals surface area contributed by atoms with Gasteiger partial charge in [-0.05, 0) is 26.7 Å². The van der Waals surface area contributed by atoms with Crippen molar-refractivity contribution in [3.63, 3.8) is 0 Å². The quantitative estimate of drug-likeness (QED) is 0.797. The third kappa shape index (κ3) is 1.86. The number of nitrogens with zero attached hydrogens (tertiary/aromatic N) is 2. The van der Waals surface area contributed by atoms with Crippen LogP contribution >= 0.6 is 0 Å². The summed E-state index contributed by atoms with van der Waals surface area (Å²) in [5.74, 6) is 0.484. The molecule has 0 aliphatic heterocycles. The topological polar surface area (TPSA) is 64.1 Å². The lowest BCUT2D eigenvalue weighted by atomic mass is 9.78. The molecule has 0 bridgehead atoms. The van der Waals surface area contributed by atoms with Crippen molar-refractivity contribution in [1.82, 2.24) is 9.55 Å². The number of aliphatic hydroxyl groups is 1. The first kappa shape index (κ1) is 12.0. The largest absolute Gasteiger partial charge is 0.387 e. The van der Waals surface area contributed by atoms with Crippen molar-refractivity contribution >= 4 is 5.82 Å². The summed E-state index contributed by atoms with van der Waals surface area (Å²) in [6.07, 6.45) is 4.84. The van der Waals surface area contributed by atoms with Crippen LogP contribution in [0.1, 0.15) is 40.5 Å². The van der Waals surface area contributed by atoms with E-state index in [1.807, 2.05) is 32.3 Å². The van der Waals surface area contributed by atoms with Crippen molar-refractivity contribution in [2.75, 3.05) is 5.73 Å². The van der Waals surface area contributed by atoms with Crippen LogP contribution in [0.15, 0.2) is 12.5 Å². The summed E-state index contributed by atoms with van der Waals surface area (Å²) in [4.78, 5) is 3.99. The Morgan fingerprint density at radius 2 is 1.93 bits per heavy atom. The van der Waals surface area contributed by atoms with E-state index in [-0.39, 0.29) is 0 Å². The van der Waals surface area contributed by atoms with Gasteiger partial charge in [0, 0.05) is 6.20 Å². The molecule has 0 aliphatic rings. The summed E-state index contributed by atoms with van der Waals surface area (Å²) in [7, 11) is 0. The first-order valence-electron chi connectivity index (χ1n) is 5.39. The molecule has 0 saturated carbocycles. The van der Waals surface area contributed by atoms with Gasteiger partial charge >= 0.3 is 0 Å². The van der Waals surface area contributed by atoms with Gasteiger partial charge in [-0.2, -0.15) is 0 Å².